The van der Waals surface area contributed by atoms with Crippen molar-refractivity contribution >= 4 is 90.7 Å². The lowest BCUT2D eigenvalue weighted by atomic mass is 10.1. The van der Waals surface area contributed by atoms with E-state index in [2.05, 4.69) is 43.8 Å². The number of carbonyl (C=O) groups is 3. The number of imide groups is 1. The first kappa shape index (κ1) is 28.5. The largest absolute Gasteiger partial charge is 0.490 e. The number of ether oxygens (including phenoxy) is 2. The molecule has 0 bridgehead atoms. The summed E-state index contributed by atoms with van der Waals surface area (Å²) in [5, 5.41) is 2.80. The number of hydrogen-bond acceptors (Lipinski definition) is 6. The molecule has 1 aliphatic heterocycles. The van der Waals surface area contributed by atoms with Gasteiger partial charge in [-0.1, -0.05) is 35.9 Å². The van der Waals surface area contributed by atoms with Crippen molar-refractivity contribution in [3.63, 3.8) is 0 Å². The first-order valence-corrected chi connectivity index (χ1v) is 14.4. The van der Waals surface area contributed by atoms with Gasteiger partial charge < -0.3 is 14.8 Å². The number of rotatable bonds is 9. The van der Waals surface area contributed by atoms with Crippen molar-refractivity contribution in [2.24, 2.45) is 0 Å². The van der Waals surface area contributed by atoms with Crippen LogP contribution in [0, 0.1) is 3.57 Å². The van der Waals surface area contributed by atoms with Gasteiger partial charge in [0.25, 0.3) is 17.1 Å². The Bertz CT molecular complexity index is 1420. The topological polar surface area (TPSA) is 84.9 Å². The van der Waals surface area contributed by atoms with Crippen molar-refractivity contribution in [3.8, 4) is 11.5 Å². The molecular formula is C27H21BrClIN2O5S. The third kappa shape index (κ3) is 7.10. The number of benzene rings is 3. The predicted molar refractivity (Wildman–Crippen MR) is 162 cm³/mol. The zero-order valence-electron chi connectivity index (χ0n) is 20.0. The SMILES string of the molecule is CCOc1cc(/C=C2\SC(=O)N(Cc3ccc(I)cc3)C2=O)cc(Br)c1OCC(=O)Nc1ccccc1Cl. The second-order valence-electron chi connectivity index (χ2n) is 7.97. The molecule has 7 nitrogen and oxygen atoms in total. The Morgan fingerprint density at radius 1 is 1.13 bits per heavy atom. The number of thioether (sulfide) groups is 1. The fourth-order valence-electron chi connectivity index (χ4n) is 3.52. The monoisotopic (exact) mass is 726 g/mol. The van der Waals surface area contributed by atoms with Gasteiger partial charge in [-0.25, -0.2) is 0 Å². The molecule has 1 heterocycles. The molecule has 0 saturated carbocycles. The lowest BCUT2D eigenvalue weighted by molar-refractivity contribution is -0.123. The molecule has 0 atom stereocenters. The van der Waals surface area contributed by atoms with Gasteiger partial charge in [-0.05, 0) is 111 Å². The van der Waals surface area contributed by atoms with Gasteiger partial charge in [0.05, 0.1) is 33.2 Å². The fourth-order valence-corrected chi connectivity index (χ4v) is 5.48. The van der Waals surface area contributed by atoms with Crippen LogP contribution >= 0.6 is 61.9 Å². The first-order chi connectivity index (χ1) is 18.2. The summed E-state index contributed by atoms with van der Waals surface area (Å²) in [5.74, 6) is -0.0237. The number of amides is 3. The van der Waals surface area contributed by atoms with Crippen molar-refractivity contribution < 1.29 is 23.9 Å². The van der Waals surface area contributed by atoms with E-state index in [0.29, 0.717) is 43.8 Å². The molecule has 0 radical (unpaired) electrons. The number of para-hydroxylation sites is 1. The number of hydrogen-bond donors (Lipinski definition) is 1. The Balaban J connectivity index is 1.49. The van der Waals surface area contributed by atoms with Gasteiger partial charge in [0.1, 0.15) is 0 Å². The van der Waals surface area contributed by atoms with Crippen molar-refractivity contribution in [2.75, 3.05) is 18.5 Å². The van der Waals surface area contributed by atoms with E-state index in [0.717, 1.165) is 20.9 Å². The molecule has 3 amide bonds. The minimum absolute atomic E-state index is 0.204. The highest BCUT2D eigenvalue weighted by atomic mass is 127. The smallest absolute Gasteiger partial charge is 0.293 e. The molecule has 38 heavy (non-hydrogen) atoms. The standard InChI is InChI=1S/C27H21BrClIN2O5S/c1-2-36-22-12-17(11-19(28)25(22)37-15-24(33)31-21-6-4-3-5-20(21)29)13-23-26(34)32(27(35)38-23)14-16-7-9-18(30)10-8-16/h3-13H,2,14-15H2,1H3,(H,31,33)/b23-13-. The van der Waals surface area contributed by atoms with E-state index in [-0.39, 0.29) is 24.3 Å². The molecule has 0 aliphatic carbocycles. The van der Waals surface area contributed by atoms with E-state index in [1.807, 2.05) is 31.2 Å². The minimum Gasteiger partial charge on any atom is -0.490 e. The average Bonchev–Trinajstić information content (AvgIpc) is 3.13. The van der Waals surface area contributed by atoms with Crippen molar-refractivity contribution in [2.45, 2.75) is 13.5 Å². The van der Waals surface area contributed by atoms with E-state index in [1.165, 1.54) is 4.90 Å². The highest BCUT2D eigenvalue weighted by Gasteiger charge is 2.35. The molecule has 1 fully saturated rings. The molecular weight excluding hydrogens is 707 g/mol. The van der Waals surface area contributed by atoms with Crippen LogP contribution in [0.3, 0.4) is 0 Å². The van der Waals surface area contributed by atoms with Crippen LogP contribution in [0.25, 0.3) is 6.08 Å². The molecule has 11 heteroatoms. The molecule has 0 unspecified atom stereocenters. The van der Waals surface area contributed by atoms with E-state index in [4.69, 9.17) is 21.1 Å². The zero-order chi connectivity index (χ0) is 27.2. The van der Waals surface area contributed by atoms with E-state index < -0.39 is 5.91 Å². The number of nitrogens with zero attached hydrogens (tertiary/aromatic N) is 1. The maximum Gasteiger partial charge on any atom is 0.293 e. The van der Waals surface area contributed by atoms with E-state index in [9.17, 15) is 14.4 Å². The summed E-state index contributed by atoms with van der Waals surface area (Å²) in [6.45, 7) is 2.10. The normalized spacial score (nSPS) is 14.2. The predicted octanol–water partition coefficient (Wildman–Crippen LogP) is 7.36. The highest BCUT2D eigenvalue weighted by molar-refractivity contribution is 14.1. The maximum atomic E-state index is 13.0. The van der Waals surface area contributed by atoms with Crippen LogP contribution in [-0.2, 0) is 16.1 Å². The fraction of sp³-hybridized carbons (Fsp3) is 0.148. The third-order valence-corrected chi connectivity index (χ3v) is 7.80. The Morgan fingerprint density at radius 3 is 2.58 bits per heavy atom. The molecule has 0 aromatic heterocycles. The van der Waals surface area contributed by atoms with Gasteiger partial charge in [-0.15, -0.1) is 0 Å². The lowest BCUT2D eigenvalue weighted by Crippen LogP contribution is -2.27. The van der Waals surface area contributed by atoms with E-state index in [1.54, 1.807) is 42.5 Å². The van der Waals surface area contributed by atoms with Gasteiger partial charge in [0.15, 0.2) is 18.1 Å². The summed E-state index contributed by atoms with van der Waals surface area (Å²) in [6, 6.07) is 18.0. The molecule has 1 N–H and O–H groups in total. The van der Waals surface area contributed by atoms with Crippen LogP contribution in [0.2, 0.25) is 5.02 Å². The summed E-state index contributed by atoms with van der Waals surface area (Å²) in [6.07, 6.45) is 1.64. The molecule has 0 spiro atoms. The molecule has 3 aromatic carbocycles. The number of anilines is 1. The van der Waals surface area contributed by atoms with Crippen molar-refractivity contribution in [1.29, 1.82) is 0 Å². The van der Waals surface area contributed by atoms with Crippen LogP contribution in [0.1, 0.15) is 18.1 Å². The van der Waals surface area contributed by atoms with Gasteiger partial charge in [0, 0.05) is 3.57 Å². The third-order valence-electron chi connectivity index (χ3n) is 5.25. The van der Waals surface area contributed by atoms with E-state index >= 15 is 0 Å². The summed E-state index contributed by atoms with van der Waals surface area (Å²) >= 11 is 12.7. The first-order valence-electron chi connectivity index (χ1n) is 11.4. The van der Waals surface area contributed by atoms with Gasteiger partial charge in [-0.2, -0.15) is 0 Å². The van der Waals surface area contributed by atoms with Crippen molar-refractivity contribution in [3.05, 3.63) is 89.8 Å². The lowest BCUT2D eigenvalue weighted by Gasteiger charge is -2.15. The number of carbonyl (C=O) groups excluding carboxylic acids is 3. The Kier molecular flexibility index (Phi) is 9.74. The second-order valence-corrected chi connectivity index (χ2v) is 11.5. The Morgan fingerprint density at radius 2 is 1.87 bits per heavy atom. The van der Waals surface area contributed by atoms with Crippen LogP contribution in [0.5, 0.6) is 11.5 Å². The average molecular weight is 728 g/mol. The summed E-state index contributed by atoms with van der Waals surface area (Å²) in [4.78, 5) is 39.5. The summed E-state index contributed by atoms with van der Waals surface area (Å²) in [5.41, 5.74) is 1.99. The number of halogens is 3. The zero-order valence-corrected chi connectivity index (χ0v) is 25.3. The van der Waals surface area contributed by atoms with Crippen LogP contribution in [0.15, 0.2) is 70.0 Å². The summed E-state index contributed by atoms with van der Waals surface area (Å²) < 4.78 is 13.1. The highest BCUT2D eigenvalue weighted by Crippen LogP contribution is 2.39. The van der Waals surface area contributed by atoms with Gasteiger partial charge >= 0.3 is 0 Å². The molecule has 1 saturated heterocycles. The molecule has 3 aromatic rings. The van der Waals surface area contributed by atoms with Crippen LogP contribution < -0.4 is 14.8 Å². The Labute approximate surface area is 251 Å². The second kappa shape index (κ2) is 13.0. The molecule has 1 aliphatic rings. The summed E-state index contributed by atoms with van der Waals surface area (Å²) in [7, 11) is 0. The Hall–Kier alpha value is -2.54. The minimum atomic E-state index is -0.390. The maximum absolute atomic E-state index is 13.0. The van der Waals surface area contributed by atoms with Crippen LogP contribution in [0.4, 0.5) is 10.5 Å². The number of nitrogens with one attached hydrogen (secondary N) is 1. The van der Waals surface area contributed by atoms with Crippen LogP contribution in [-0.4, -0.2) is 35.2 Å². The quantitative estimate of drug-likeness (QED) is 0.183. The molecule has 4 rings (SSSR count). The molecule has 196 valence electrons. The van der Waals surface area contributed by atoms with Gasteiger partial charge in [0.2, 0.25) is 0 Å². The van der Waals surface area contributed by atoms with Crippen molar-refractivity contribution in [1.82, 2.24) is 4.90 Å². The van der Waals surface area contributed by atoms with Gasteiger partial charge in [-0.3, -0.25) is 19.3 Å².